The van der Waals surface area contributed by atoms with Gasteiger partial charge in [-0.25, -0.2) is 4.79 Å². The van der Waals surface area contributed by atoms with Crippen LogP contribution in [0.25, 0.3) is 11.1 Å². The SMILES string of the molecule is Cc1ccc(-c2c(C)c3c(c(C)c2C(OC(C)(C)C)C(=O)O)CN(CC2CCCCC2)CC3)cc1. The minimum Gasteiger partial charge on any atom is -0.479 e. The molecule has 0 aromatic heterocycles. The van der Waals surface area contributed by atoms with Crippen LogP contribution in [0.15, 0.2) is 24.3 Å². The maximum absolute atomic E-state index is 12.6. The number of fused-ring (bicyclic) bond motifs is 1. The molecule has 1 unspecified atom stereocenters. The molecule has 35 heavy (non-hydrogen) atoms. The zero-order chi connectivity index (χ0) is 25.3. The molecule has 190 valence electrons. The molecule has 2 aromatic rings. The van der Waals surface area contributed by atoms with Gasteiger partial charge >= 0.3 is 5.97 Å². The molecule has 1 aliphatic carbocycles. The number of nitrogens with zero attached hydrogens (tertiary/aromatic N) is 1. The predicted molar refractivity (Wildman–Crippen MR) is 143 cm³/mol. The van der Waals surface area contributed by atoms with E-state index in [0.717, 1.165) is 54.2 Å². The lowest BCUT2D eigenvalue weighted by Crippen LogP contribution is -2.36. The predicted octanol–water partition coefficient (Wildman–Crippen LogP) is 7.16. The number of aliphatic carboxylic acids is 1. The summed E-state index contributed by atoms with van der Waals surface area (Å²) in [5, 5.41) is 10.4. The third kappa shape index (κ3) is 5.81. The Morgan fingerprint density at radius 1 is 1.03 bits per heavy atom. The minimum atomic E-state index is -1.01. The van der Waals surface area contributed by atoms with Gasteiger partial charge in [0.25, 0.3) is 0 Å². The highest BCUT2D eigenvalue weighted by molar-refractivity contribution is 5.84. The molecule has 4 rings (SSSR count). The van der Waals surface area contributed by atoms with Gasteiger partial charge in [0.2, 0.25) is 0 Å². The molecule has 1 atom stereocenters. The van der Waals surface area contributed by atoms with Gasteiger partial charge in [0.1, 0.15) is 0 Å². The molecule has 4 nitrogen and oxygen atoms in total. The van der Waals surface area contributed by atoms with E-state index in [9.17, 15) is 9.90 Å². The van der Waals surface area contributed by atoms with Crippen molar-refractivity contribution in [1.29, 1.82) is 0 Å². The first-order chi connectivity index (χ1) is 16.5. The first-order valence-electron chi connectivity index (χ1n) is 13.4. The second kappa shape index (κ2) is 10.4. The van der Waals surface area contributed by atoms with Crippen LogP contribution in [-0.2, 0) is 22.5 Å². The van der Waals surface area contributed by atoms with Crippen LogP contribution in [0.4, 0.5) is 0 Å². The van der Waals surface area contributed by atoms with Crippen molar-refractivity contribution in [2.75, 3.05) is 13.1 Å². The lowest BCUT2D eigenvalue weighted by molar-refractivity contribution is -0.160. The number of ether oxygens (including phenoxy) is 1. The molecule has 0 bridgehead atoms. The highest BCUT2D eigenvalue weighted by Gasteiger charge is 2.35. The summed E-state index contributed by atoms with van der Waals surface area (Å²) in [6, 6.07) is 8.47. The summed E-state index contributed by atoms with van der Waals surface area (Å²) in [6.07, 6.45) is 6.81. The third-order valence-corrected chi connectivity index (χ3v) is 7.92. The van der Waals surface area contributed by atoms with Crippen molar-refractivity contribution in [3.8, 4) is 11.1 Å². The average molecular weight is 478 g/mol. The summed E-state index contributed by atoms with van der Waals surface area (Å²) in [4.78, 5) is 15.3. The van der Waals surface area contributed by atoms with Crippen LogP contribution >= 0.6 is 0 Å². The van der Waals surface area contributed by atoms with Gasteiger partial charge in [-0.3, -0.25) is 4.90 Å². The van der Waals surface area contributed by atoms with E-state index in [2.05, 4.69) is 49.9 Å². The molecule has 2 aromatic carbocycles. The van der Waals surface area contributed by atoms with Crippen molar-refractivity contribution in [3.05, 3.63) is 57.6 Å². The molecule has 1 saturated carbocycles. The number of rotatable bonds is 6. The van der Waals surface area contributed by atoms with Crippen LogP contribution in [0.5, 0.6) is 0 Å². The van der Waals surface area contributed by atoms with E-state index in [1.807, 2.05) is 20.8 Å². The van der Waals surface area contributed by atoms with Crippen molar-refractivity contribution < 1.29 is 14.6 Å². The first kappa shape index (κ1) is 25.9. The average Bonchev–Trinajstić information content (AvgIpc) is 2.80. The Labute approximate surface area is 211 Å². The van der Waals surface area contributed by atoms with Crippen LogP contribution in [0.1, 0.15) is 92.4 Å². The summed E-state index contributed by atoms with van der Waals surface area (Å²) in [5.41, 5.74) is 8.59. The molecule has 0 spiro atoms. The Kier molecular flexibility index (Phi) is 7.73. The van der Waals surface area contributed by atoms with E-state index in [-0.39, 0.29) is 0 Å². The van der Waals surface area contributed by atoms with Gasteiger partial charge < -0.3 is 9.84 Å². The quantitative estimate of drug-likeness (QED) is 0.480. The van der Waals surface area contributed by atoms with Crippen LogP contribution in [0.3, 0.4) is 0 Å². The number of aryl methyl sites for hydroxylation is 1. The Morgan fingerprint density at radius 3 is 2.29 bits per heavy atom. The van der Waals surface area contributed by atoms with E-state index in [4.69, 9.17) is 4.74 Å². The number of carboxylic acids is 1. The van der Waals surface area contributed by atoms with Crippen LogP contribution in [0.2, 0.25) is 0 Å². The fourth-order valence-corrected chi connectivity index (χ4v) is 6.18. The summed E-state index contributed by atoms with van der Waals surface area (Å²) < 4.78 is 6.23. The van der Waals surface area contributed by atoms with Crippen LogP contribution < -0.4 is 0 Å². The third-order valence-electron chi connectivity index (χ3n) is 7.92. The Balaban J connectivity index is 1.82. The first-order valence-corrected chi connectivity index (χ1v) is 13.4. The molecule has 1 heterocycles. The topological polar surface area (TPSA) is 49.8 Å². The number of carbonyl (C=O) groups is 1. The molecule has 1 N–H and O–H groups in total. The number of carboxylic acid groups (broad SMARTS) is 1. The summed E-state index contributed by atoms with van der Waals surface area (Å²) >= 11 is 0. The van der Waals surface area contributed by atoms with E-state index < -0.39 is 17.7 Å². The molecule has 1 aliphatic heterocycles. The lowest BCUT2D eigenvalue weighted by atomic mass is 9.79. The van der Waals surface area contributed by atoms with Gasteiger partial charge in [0.05, 0.1) is 5.60 Å². The van der Waals surface area contributed by atoms with E-state index in [1.165, 1.54) is 54.4 Å². The zero-order valence-corrected chi connectivity index (χ0v) is 22.5. The van der Waals surface area contributed by atoms with Crippen LogP contribution in [-0.4, -0.2) is 34.7 Å². The van der Waals surface area contributed by atoms with Crippen molar-refractivity contribution in [3.63, 3.8) is 0 Å². The number of hydrogen-bond acceptors (Lipinski definition) is 3. The molecule has 1 fully saturated rings. The Hall–Kier alpha value is -2.17. The molecule has 2 aliphatic rings. The Morgan fingerprint density at radius 2 is 1.69 bits per heavy atom. The second-order valence-corrected chi connectivity index (χ2v) is 11.8. The standard InChI is InChI=1S/C31H43NO3/c1-20-12-14-24(15-13-20)27-21(2)25-16-17-32(18-23-10-8-7-9-11-23)19-26(25)22(3)28(27)29(30(33)34)35-31(4,5)6/h12-15,23,29H,7-11,16-19H2,1-6H3,(H,33,34). The molecule has 0 amide bonds. The summed E-state index contributed by atoms with van der Waals surface area (Å²) in [5.74, 6) is -0.125. The van der Waals surface area contributed by atoms with Crippen LogP contribution in [0, 0.1) is 26.7 Å². The zero-order valence-electron chi connectivity index (χ0n) is 22.5. The maximum Gasteiger partial charge on any atom is 0.337 e. The molecular weight excluding hydrogens is 434 g/mol. The van der Waals surface area contributed by atoms with Crippen molar-refractivity contribution in [2.24, 2.45) is 5.92 Å². The van der Waals surface area contributed by atoms with Gasteiger partial charge in [-0.1, -0.05) is 49.1 Å². The number of hydrogen-bond donors (Lipinski definition) is 1. The fraction of sp³-hybridized carbons (Fsp3) is 0.581. The van der Waals surface area contributed by atoms with Gasteiger partial charge in [-0.15, -0.1) is 0 Å². The summed E-state index contributed by atoms with van der Waals surface area (Å²) in [6.45, 7) is 15.3. The normalized spacial score (nSPS) is 18.3. The molecular formula is C31H43NO3. The minimum absolute atomic E-state index is 0.573. The van der Waals surface area contributed by atoms with E-state index in [1.54, 1.807) is 0 Å². The van der Waals surface area contributed by atoms with Crippen molar-refractivity contribution in [1.82, 2.24) is 4.90 Å². The lowest BCUT2D eigenvalue weighted by Gasteiger charge is -2.37. The van der Waals surface area contributed by atoms with Crippen molar-refractivity contribution >= 4 is 5.97 Å². The van der Waals surface area contributed by atoms with Gasteiger partial charge in [-0.05, 0) is 100 Å². The van der Waals surface area contributed by atoms with Gasteiger partial charge in [0, 0.05) is 25.2 Å². The van der Waals surface area contributed by atoms with E-state index in [0.29, 0.717) is 0 Å². The largest absolute Gasteiger partial charge is 0.479 e. The van der Waals surface area contributed by atoms with Gasteiger partial charge in [-0.2, -0.15) is 0 Å². The van der Waals surface area contributed by atoms with Crippen molar-refractivity contribution in [2.45, 2.75) is 98.3 Å². The highest BCUT2D eigenvalue weighted by Crippen LogP contribution is 2.43. The Bertz CT molecular complexity index is 1060. The number of benzene rings is 2. The van der Waals surface area contributed by atoms with Gasteiger partial charge in [0.15, 0.2) is 6.10 Å². The molecule has 0 saturated heterocycles. The smallest absolute Gasteiger partial charge is 0.337 e. The molecule has 4 heteroatoms. The highest BCUT2D eigenvalue weighted by atomic mass is 16.5. The van der Waals surface area contributed by atoms with E-state index >= 15 is 0 Å². The summed E-state index contributed by atoms with van der Waals surface area (Å²) in [7, 11) is 0. The maximum atomic E-state index is 12.6. The molecule has 0 radical (unpaired) electrons. The second-order valence-electron chi connectivity index (χ2n) is 11.8. The fourth-order valence-electron chi connectivity index (χ4n) is 6.18. The monoisotopic (exact) mass is 477 g/mol.